The number of nitrogens with one attached hydrogen (secondary N) is 1. The topological polar surface area (TPSA) is 15.3 Å². The quantitative estimate of drug-likeness (QED) is 0.842. The van der Waals surface area contributed by atoms with E-state index < -0.39 is 0 Å². The van der Waals surface area contributed by atoms with Gasteiger partial charge in [0, 0.05) is 31.9 Å². The van der Waals surface area contributed by atoms with Gasteiger partial charge in [0.2, 0.25) is 0 Å². The molecular weight excluding hydrogens is 208 g/mol. The summed E-state index contributed by atoms with van der Waals surface area (Å²) in [7, 11) is 2.17. The van der Waals surface area contributed by atoms with Crippen molar-refractivity contribution in [2.45, 2.75) is 40.7 Å². The lowest BCUT2D eigenvalue weighted by molar-refractivity contribution is 0.589. The van der Waals surface area contributed by atoms with Crippen LogP contribution in [0.5, 0.6) is 0 Å². The fourth-order valence-corrected chi connectivity index (χ4v) is 2.00. The van der Waals surface area contributed by atoms with E-state index in [4.69, 9.17) is 0 Å². The Labute approximate surface area is 106 Å². The van der Waals surface area contributed by atoms with Crippen LogP contribution in [0, 0.1) is 20.8 Å². The summed E-state index contributed by atoms with van der Waals surface area (Å²) in [5.74, 6) is 0. The summed E-state index contributed by atoms with van der Waals surface area (Å²) < 4.78 is 0. The Morgan fingerprint density at radius 2 is 1.76 bits per heavy atom. The molecule has 1 N–H and O–H groups in total. The summed E-state index contributed by atoms with van der Waals surface area (Å²) >= 11 is 0. The van der Waals surface area contributed by atoms with Gasteiger partial charge in [0.15, 0.2) is 0 Å². The van der Waals surface area contributed by atoms with E-state index in [9.17, 15) is 0 Å². The van der Waals surface area contributed by atoms with Gasteiger partial charge < -0.3 is 10.2 Å². The van der Waals surface area contributed by atoms with Gasteiger partial charge in [0.1, 0.15) is 0 Å². The molecule has 1 aromatic carbocycles. The maximum atomic E-state index is 3.45. The molecule has 17 heavy (non-hydrogen) atoms. The minimum atomic E-state index is 0.559. The predicted octanol–water partition coefficient (Wildman–Crippen LogP) is 3.05. The lowest BCUT2D eigenvalue weighted by Crippen LogP contribution is -2.33. The third kappa shape index (κ3) is 3.74. The summed E-state index contributed by atoms with van der Waals surface area (Å²) in [6, 6.07) is 5.00. The van der Waals surface area contributed by atoms with Crippen LogP contribution in [0.4, 0.5) is 5.69 Å². The normalized spacial score (nSPS) is 11.0. The fourth-order valence-electron chi connectivity index (χ4n) is 2.00. The molecule has 0 atom stereocenters. The van der Waals surface area contributed by atoms with Crippen LogP contribution < -0.4 is 10.2 Å². The van der Waals surface area contributed by atoms with E-state index in [0.717, 1.165) is 13.1 Å². The highest BCUT2D eigenvalue weighted by Crippen LogP contribution is 2.24. The Morgan fingerprint density at radius 1 is 1.12 bits per heavy atom. The molecule has 0 unspecified atom stereocenters. The van der Waals surface area contributed by atoms with Crippen molar-refractivity contribution in [3.05, 3.63) is 28.8 Å². The molecule has 1 rings (SSSR count). The fraction of sp³-hybridized carbons (Fsp3) is 0.600. The van der Waals surface area contributed by atoms with E-state index in [1.165, 1.54) is 22.4 Å². The first-order valence-corrected chi connectivity index (χ1v) is 6.44. The van der Waals surface area contributed by atoms with Crippen molar-refractivity contribution < 1.29 is 0 Å². The summed E-state index contributed by atoms with van der Waals surface area (Å²) in [6.07, 6.45) is 0. The van der Waals surface area contributed by atoms with Gasteiger partial charge >= 0.3 is 0 Å². The second-order valence-electron chi connectivity index (χ2n) is 5.18. The van der Waals surface area contributed by atoms with E-state index >= 15 is 0 Å². The van der Waals surface area contributed by atoms with Crippen molar-refractivity contribution >= 4 is 5.69 Å². The molecule has 96 valence electrons. The third-order valence-electron chi connectivity index (χ3n) is 3.44. The van der Waals surface area contributed by atoms with Crippen molar-refractivity contribution in [2.75, 3.05) is 25.0 Å². The maximum absolute atomic E-state index is 3.45. The monoisotopic (exact) mass is 234 g/mol. The molecular formula is C15H26N2. The molecule has 2 heteroatoms. The van der Waals surface area contributed by atoms with E-state index in [2.05, 4.69) is 64.0 Å². The van der Waals surface area contributed by atoms with Crippen molar-refractivity contribution in [3.8, 4) is 0 Å². The highest BCUT2D eigenvalue weighted by atomic mass is 15.1. The standard InChI is InChI=1S/C15H26N2/c1-11(2)16-9-10-17(6)15-8-7-12(3)13(4)14(15)5/h7-8,11,16H,9-10H2,1-6H3. The molecule has 0 aliphatic rings. The molecule has 2 nitrogen and oxygen atoms in total. The number of anilines is 1. The first-order chi connectivity index (χ1) is 7.93. The van der Waals surface area contributed by atoms with Gasteiger partial charge in [0.25, 0.3) is 0 Å². The molecule has 0 aliphatic carbocycles. The van der Waals surface area contributed by atoms with Crippen molar-refractivity contribution in [3.63, 3.8) is 0 Å². The Bertz CT molecular complexity index is 369. The molecule has 0 radical (unpaired) electrons. The summed E-state index contributed by atoms with van der Waals surface area (Å²) in [5, 5.41) is 3.45. The van der Waals surface area contributed by atoms with E-state index in [0.29, 0.717) is 6.04 Å². The number of hydrogen-bond donors (Lipinski definition) is 1. The number of benzene rings is 1. The molecule has 0 spiro atoms. The average Bonchev–Trinajstić information content (AvgIpc) is 2.25. The summed E-state index contributed by atoms with van der Waals surface area (Å²) in [4.78, 5) is 2.33. The number of aryl methyl sites for hydroxylation is 1. The Kier molecular flexibility index (Phi) is 5.01. The highest BCUT2D eigenvalue weighted by molar-refractivity contribution is 5.57. The summed E-state index contributed by atoms with van der Waals surface area (Å²) in [6.45, 7) is 13.0. The summed E-state index contributed by atoms with van der Waals surface area (Å²) in [5.41, 5.74) is 5.53. The molecule has 0 aromatic heterocycles. The number of rotatable bonds is 5. The Balaban J connectivity index is 2.69. The maximum Gasteiger partial charge on any atom is 0.0396 e. The van der Waals surface area contributed by atoms with E-state index in [-0.39, 0.29) is 0 Å². The minimum Gasteiger partial charge on any atom is -0.373 e. The average molecular weight is 234 g/mol. The molecule has 0 heterocycles. The predicted molar refractivity (Wildman–Crippen MR) is 77.1 cm³/mol. The Morgan fingerprint density at radius 3 is 2.35 bits per heavy atom. The van der Waals surface area contributed by atoms with Gasteiger partial charge in [0.05, 0.1) is 0 Å². The first kappa shape index (κ1) is 14.0. The molecule has 0 saturated carbocycles. The molecule has 0 saturated heterocycles. The molecule has 0 bridgehead atoms. The number of likely N-dealkylation sites (N-methyl/N-ethyl adjacent to an activating group) is 1. The smallest absolute Gasteiger partial charge is 0.0396 e. The van der Waals surface area contributed by atoms with Gasteiger partial charge in [-0.05, 0) is 43.5 Å². The minimum absolute atomic E-state index is 0.559. The van der Waals surface area contributed by atoms with Gasteiger partial charge in [-0.3, -0.25) is 0 Å². The SMILES string of the molecule is Cc1ccc(N(C)CCNC(C)C)c(C)c1C. The molecule has 1 aromatic rings. The second kappa shape index (κ2) is 6.06. The third-order valence-corrected chi connectivity index (χ3v) is 3.44. The Hall–Kier alpha value is -1.02. The van der Waals surface area contributed by atoms with Crippen molar-refractivity contribution in [1.82, 2.24) is 5.32 Å². The highest BCUT2D eigenvalue weighted by Gasteiger charge is 2.07. The van der Waals surface area contributed by atoms with Gasteiger partial charge in [-0.2, -0.15) is 0 Å². The van der Waals surface area contributed by atoms with Crippen molar-refractivity contribution in [2.24, 2.45) is 0 Å². The van der Waals surface area contributed by atoms with Crippen molar-refractivity contribution in [1.29, 1.82) is 0 Å². The van der Waals surface area contributed by atoms with Crippen LogP contribution in [0.3, 0.4) is 0 Å². The zero-order chi connectivity index (χ0) is 13.0. The van der Waals surface area contributed by atoms with Crippen LogP contribution in [0.15, 0.2) is 12.1 Å². The molecule has 0 aliphatic heterocycles. The first-order valence-electron chi connectivity index (χ1n) is 6.44. The lowest BCUT2D eigenvalue weighted by Gasteiger charge is -2.24. The second-order valence-corrected chi connectivity index (χ2v) is 5.18. The number of hydrogen-bond acceptors (Lipinski definition) is 2. The van der Waals surface area contributed by atoms with E-state index in [1.807, 2.05) is 0 Å². The zero-order valence-corrected chi connectivity index (χ0v) is 12.1. The van der Waals surface area contributed by atoms with Crippen LogP contribution >= 0.6 is 0 Å². The van der Waals surface area contributed by atoms with Crippen LogP contribution in [-0.2, 0) is 0 Å². The van der Waals surface area contributed by atoms with Gasteiger partial charge in [-0.25, -0.2) is 0 Å². The van der Waals surface area contributed by atoms with Crippen LogP contribution in [0.25, 0.3) is 0 Å². The zero-order valence-electron chi connectivity index (χ0n) is 12.1. The molecule has 0 amide bonds. The van der Waals surface area contributed by atoms with Crippen LogP contribution in [0.2, 0.25) is 0 Å². The molecule has 0 fully saturated rings. The van der Waals surface area contributed by atoms with Crippen LogP contribution in [0.1, 0.15) is 30.5 Å². The van der Waals surface area contributed by atoms with Gasteiger partial charge in [-0.15, -0.1) is 0 Å². The van der Waals surface area contributed by atoms with E-state index in [1.54, 1.807) is 0 Å². The van der Waals surface area contributed by atoms with Crippen LogP contribution in [-0.4, -0.2) is 26.2 Å². The lowest BCUT2D eigenvalue weighted by atomic mass is 10.0. The number of nitrogens with zero attached hydrogens (tertiary/aromatic N) is 1. The van der Waals surface area contributed by atoms with Gasteiger partial charge in [-0.1, -0.05) is 19.9 Å². The largest absolute Gasteiger partial charge is 0.373 e.